The maximum absolute atomic E-state index is 13.1. The minimum atomic E-state index is -3.76. The second-order valence-corrected chi connectivity index (χ2v) is 7.75. The molecular formula is C16H17FN2O4S. The van der Waals surface area contributed by atoms with Crippen molar-refractivity contribution < 1.29 is 22.7 Å². The molecule has 3 rings (SSSR count). The number of hydrogen-bond donors (Lipinski definition) is 2. The van der Waals surface area contributed by atoms with Crippen LogP contribution in [0.15, 0.2) is 41.4 Å². The van der Waals surface area contributed by atoms with Crippen LogP contribution in [0.4, 0.5) is 4.39 Å². The highest BCUT2D eigenvalue weighted by molar-refractivity contribution is 7.89. The summed E-state index contributed by atoms with van der Waals surface area (Å²) in [7, 11) is -3.76. The van der Waals surface area contributed by atoms with Gasteiger partial charge in [-0.25, -0.2) is 17.6 Å². The van der Waals surface area contributed by atoms with Crippen molar-refractivity contribution in [3.8, 4) is 0 Å². The number of sulfonamides is 1. The number of aromatic carboxylic acids is 1. The van der Waals surface area contributed by atoms with E-state index < -0.39 is 16.0 Å². The van der Waals surface area contributed by atoms with Crippen molar-refractivity contribution in [3.63, 3.8) is 0 Å². The molecule has 0 radical (unpaired) electrons. The minimum Gasteiger partial charge on any atom is -0.477 e. The number of nitrogens with one attached hydrogen (secondary N) is 1. The SMILES string of the molecule is O=C(O)c1cc(S(=O)(=O)N2CCCC(c3ccc(F)cc3)C2)c[nH]1. The molecule has 0 aliphatic carbocycles. The lowest BCUT2D eigenvalue weighted by atomic mass is 9.92. The molecule has 2 heterocycles. The zero-order valence-electron chi connectivity index (χ0n) is 12.8. The number of nitrogens with zero attached hydrogens (tertiary/aromatic N) is 1. The molecule has 24 heavy (non-hydrogen) atoms. The van der Waals surface area contributed by atoms with Crippen LogP contribution in [-0.4, -0.2) is 41.9 Å². The Hall–Kier alpha value is -2.19. The molecule has 1 atom stereocenters. The lowest BCUT2D eigenvalue weighted by molar-refractivity contribution is 0.0691. The van der Waals surface area contributed by atoms with Gasteiger partial charge >= 0.3 is 5.97 Å². The molecule has 0 spiro atoms. The molecule has 8 heteroatoms. The highest BCUT2D eigenvalue weighted by atomic mass is 32.2. The number of aromatic nitrogens is 1. The van der Waals surface area contributed by atoms with Crippen LogP contribution in [0.25, 0.3) is 0 Å². The van der Waals surface area contributed by atoms with E-state index >= 15 is 0 Å². The molecule has 2 N–H and O–H groups in total. The first-order valence-electron chi connectivity index (χ1n) is 7.55. The summed E-state index contributed by atoms with van der Waals surface area (Å²) in [6.07, 6.45) is 2.71. The largest absolute Gasteiger partial charge is 0.477 e. The van der Waals surface area contributed by atoms with Gasteiger partial charge in [0.2, 0.25) is 10.0 Å². The molecule has 1 aromatic heterocycles. The van der Waals surface area contributed by atoms with Crippen molar-refractivity contribution >= 4 is 16.0 Å². The van der Waals surface area contributed by atoms with Crippen LogP contribution in [-0.2, 0) is 10.0 Å². The van der Waals surface area contributed by atoms with Gasteiger partial charge in [0.25, 0.3) is 0 Å². The lowest BCUT2D eigenvalue weighted by Gasteiger charge is -2.32. The standard InChI is InChI=1S/C16H17FN2O4S/c17-13-5-3-11(4-6-13)12-2-1-7-19(10-12)24(22,23)14-8-15(16(20)21)18-9-14/h3-6,8-9,12,18H,1-2,7,10H2,(H,20,21). The fraction of sp³-hybridized carbons (Fsp3) is 0.312. The highest BCUT2D eigenvalue weighted by Crippen LogP contribution is 2.30. The fourth-order valence-corrected chi connectivity index (χ4v) is 4.48. The van der Waals surface area contributed by atoms with E-state index in [0.29, 0.717) is 19.5 Å². The van der Waals surface area contributed by atoms with E-state index in [1.807, 2.05) is 0 Å². The molecule has 0 bridgehead atoms. The van der Waals surface area contributed by atoms with Crippen LogP contribution in [0.3, 0.4) is 0 Å². The summed E-state index contributed by atoms with van der Waals surface area (Å²) in [5.74, 6) is -1.54. The Morgan fingerprint density at radius 2 is 2.00 bits per heavy atom. The zero-order chi connectivity index (χ0) is 17.3. The Morgan fingerprint density at radius 1 is 1.29 bits per heavy atom. The maximum Gasteiger partial charge on any atom is 0.352 e. The van der Waals surface area contributed by atoms with Gasteiger partial charge < -0.3 is 10.1 Å². The van der Waals surface area contributed by atoms with Crippen molar-refractivity contribution in [1.29, 1.82) is 0 Å². The third-order valence-corrected chi connectivity index (χ3v) is 6.09. The smallest absolute Gasteiger partial charge is 0.352 e. The molecule has 1 unspecified atom stereocenters. The van der Waals surface area contributed by atoms with E-state index in [1.54, 1.807) is 12.1 Å². The maximum atomic E-state index is 13.1. The van der Waals surface area contributed by atoms with Gasteiger partial charge in [0.15, 0.2) is 0 Å². The second kappa shape index (κ2) is 6.37. The fourth-order valence-electron chi connectivity index (χ4n) is 2.96. The van der Waals surface area contributed by atoms with E-state index in [-0.39, 0.29) is 22.3 Å². The molecule has 1 fully saturated rings. The van der Waals surface area contributed by atoms with E-state index in [0.717, 1.165) is 18.1 Å². The first-order chi connectivity index (χ1) is 11.4. The molecular weight excluding hydrogens is 335 g/mol. The van der Waals surface area contributed by atoms with Crippen LogP contribution in [0.5, 0.6) is 0 Å². The van der Waals surface area contributed by atoms with Crippen LogP contribution in [0, 0.1) is 5.82 Å². The highest BCUT2D eigenvalue weighted by Gasteiger charge is 2.31. The van der Waals surface area contributed by atoms with E-state index in [1.165, 1.54) is 22.6 Å². The molecule has 1 aliphatic heterocycles. The summed E-state index contributed by atoms with van der Waals surface area (Å²) in [5, 5.41) is 8.92. The normalized spacial score (nSPS) is 19.3. The summed E-state index contributed by atoms with van der Waals surface area (Å²) in [6, 6.07) is 7.21. The lowest BCUT2D eigenvalue weighted by Crippen LogP contribution is -2.38. The molecule has 128 valence electrons. The number of H-pyrrole nitrogens is 1. The van der Waals surface area contributed by atoms with Crippen LogP contribution >= 0.6 is 0 Å². The van der Waals surface area contributed by atoms with E-state index in [4.69, 9.17) is 5.11 Å². The van der Waals surface area contributed by atoms with Crippen molar-refractivity contribution in [2.45, 2.75) is 23.7 Å². The number of rotatable bonds is 4. The molecule has 1 aromatic carbocycles. The van der Waals surface area contributed by atoms with Crippen molar-refractivity contribution in [1.82, 2.24) is 9.29 Å². The quantitative estimate of drug-likeness (QED) is 0.884. The van der Waals surface area contributed by atoms with Gasteiger partial charge in [-0.1, -0.05) is 12.1 Å². The summed E-state index contributed by atoms with van der Waals surface area (Å²) in [6.45, 7) is 0.676. The number of carboxylic acid groups (broad SMARTS) is 1. The molecule has 6 nitrogen and oxygen atoms in total. The monoisotopic (exact) mass is 352 g/mol. The summed E-state index contributed by atoms with van der Waals surface area (Å²) < 4.78 is 39.8. The van der Waals surface area contributed by atoms with Gasteiger partial charge in [-0.15, -0.1) is 0 Å². The van der Waals surface area contributed by atoms with Gasteiger partial charge in [0.05, 0.1) is 0 Å². The second-order valence-electron chi connectivity index (χ2n) is 5.81. The van der Waals surface area contributed by atoms with Gasteiger partial charge in [-0.3, -0.25) is 0 Å². The Balaban J connectivity index is 1.82. The number of carbonyl (C=O) groups is 1. The minimum absolute atomic E-state index is 0.00740. The number of aromatic amines is 1. The molecule has 1 aliphatic rings. The van der Waals surface area contributed by atoms with Gasteiger partial charge in [-0.2, -0.15) is 4.31 Å². The average molecular weight is 352 g/mol. The number of carboxylic acids is 1. The number of benzene rings is 1. The predicted molar refractivity (Wildman–Crippen MR) is 84.9 cm³/mol. The first-order valence-corrected chi connectivity index (χ1v) is 8.99. The van der Waals surface area contributed by atoms with Gasteiger partial charge in [0.1, 0.15) is 16.4 Å². The number of hydrogen-bond acceptors (Lipinski definition) is 3. The summed E-state index contributed by atoms with van der Waals surface area (Å²) >= 11 is 0. The first kappa shape index (κ1) is 16.7. The summed E-state index contributed by atoms with van der Waals surface area (Å²) in [4.78, 5) is 13.3. The number of piperidine rings is 1. The Bertz CT molecular complexity index is 845. The van der Waals surface area contributed by atoms with Gasteiger partial charge in [-0.05, 0) is 42.5 Å². The molecule has 0 saturated carbocycles. The van der Waals surface area contributed by atoms with Gasteiger partial charge in [0, 0.05) is 19.3 Å². The van der Waals surface area contributed by atoms with E-state index in [9.17, 15) is 17.6 Å². The van der Waals surface area contributed by atoms with Crippen molar-refractivity contribution in [2.75, 3.05) is 13.1 Å². The van der Waals surface area contributed by atoms with E-state index in [2.05, 4.69) is 4.98 Å². The molecule has 2 aromatic rings. The third kappa shape index (κ3) is 3.20. The third-order valence-electron chi connectivity index (χ3n) is 4.25. The topological polar surface area (TPSA) is 90.5 Å². The van der Waals surface area contributed by atoms with Crippen molar-refractivity contribution in [2.24, 2.45) is 0 Å². The number of halogens is 1. The predicted octanol–water partition coefficient (Wildman–Crippen LogP) is 2.42. The zero-order valence-corrected chi connectivity index (χ0v) is 13.6. The Labute approximate surface area is 139 Å². The van der Waals surface area contributed by atoms with Crippen LogP contribution in [0.1, 0.15) is 34.8 Å². The molecule has 1 saturated heterocycles. The Kier molecular flexibility index (Phi) is 4.42. The van der Waals surface area contributed by atoms with Crippen LogP contribution < -0.4 is 0 Å². The van der Waals surface area contributed by atoms with Crippen LogP contribution in [0.2, 0.25) is 0 Å². The Morgan fingerprint density at radius 3 is 2.62 bits per heavy atom. The summed E-state index contributed by atoms with van der Waals surface area (Å²) in [5.41, 5.74) is 0.734. The average Bonchev–Trinajstić information content (AvgIpc) is 3.07. The molecule has 0 amide bonds. The van der Waals surface area contributed by atoms with Crippen molar-refractivity contribution in [3.05, 3.63) is 53.6 Å².